The van der Waals surface area contributed by atoms with Gasteiger partial charge in [0.1, 0.15) is 0 Å². The van der Waals surface area contributed by atoms with Crippen LogP contribution in [0.25, 0.3) is 0 Å². The Morgan fingerprint density at radius 2 is 2.19 bits per heavy atom. The molecule has 0 aromatic carbocycles. The molecule has 1 aliphatic heterocycles. The molecule has 0 unspecified atom stereocenters. The van der Waals surface area contributed by atoms with E-state index in [1.807, 2.05) is 0 Å². The van der Waals surface area contributed by atoms with Gasteiger partial charge in [0, 0.05) is 57.3 Å². The lowest BCUT2D eigenvalue weighted by molar-refractivity contribution is 0.0832. The zero-order valence-electron chi connectivity index (χ0n) is 15.4. The quantitative estimate of drug-likeness (QED) is 0.771. The highest BCUT2D eigenvalue weighted by atomic mass is 16.5. The van der Waals surface area contributed by atoms with Crippen LogP contribution in [0.5, 0.6) is 0 Å². The average molecular weight is 372 g/mol. The minimum absolute atomic E-state index is 0.00142. The van der Waals surface area contributed by atoms with Crippen LogP contribution in [0.2, 0.25) is 0 Å². The molecule has 2 aliphatic rings. The van der Waals surface area contributed by atoms with Crippen LogP contribution < -0.4 is 5.32 Å². The largest absolute Gasteiger partial charge is 0.339 e. The number of piperidine rings is 1. The minimum atomic E-state index is -0.206. The number of aryl methyl sites for hydroxylation is 1. The number of aromatic nitrogens is 4. The van der Waals surface area contributed by atoms with Crippen molar-refractivity contribution >= 4 is 11.8 Å². The first kappa shape index (κ1) is 17.7. The molecule has 4 rings (SSSR count). The van der Waals surface area contributed by atoms with Crippen molar-refractivity contribution in [3.05, 3.63) is 29.9 Å². The number of likely N-dealkylation sites (tertiary alicyclic amines) is 1. The molecule has 0 spiro atoms. The third kappa shape index (κ3) is 4.01. The number of urea groups is 1. The van der Waals surface area contributed by atoms with E-state index >= 15 is 0 Å². The lowest BCUT2D eigenvalue weighted by atomic mass is 9.93. The van der Waals surface area contributed by atoms with Crippen LogP contribution in [0.3, 0.4) is 0 Å². The van der Waals surface area contributed by atoms with Gasteiger partial charge in [-0.15, -0.1) is 0 Å². The summed E-state index contributed by atoms with van der Waals surface area (Å²) in [4.78, 5) is 35.3. The van der Waals surface area contributed by atoms with Crippen LogP contribution in [0.15, 0.2) is 16.9 Å². The summed E-state index contributed by atoms with van der Waals surface area (Å²) >= 11 is 0. The van der Waals surface area contributed by atoms with Gasteiger partial charge >= 0.3 is 6.03 Å². The van der Waals surface area contributed by atoms with Gasteiger partial charge in [-0.1, -0.05) is 5.16 Å². The molecule has 9 heteroatoms. The molecule has 9 nitrogen and oxygen atoms in total. The Morgan fingerprint density at radius 3 is 2.93 bits per heavy atom. The number of nitrogens with zero attached hydrogens (tertiary/aromatic N) is 5. The first-order valence-corrected chi connectivity index (χ1v) is 9.48. The molecule has 2 aromatic heterocycles. The van der Waals surface area contributed by atoms with E-state index in [2.05, 4.69) is 20.4 Å². The van der Waals surface area contributed by atoms with Gasteiger partial charge in [0.25, 0.3) is 0 Å². The second kappa shape index (κ2) is 7.50. The summed E-state index contributed by atoms with van der Waals surface area (Å²) in [6.07, 6.45) is 7.73. The third-order valence-electron chi connectivity index (χ3n) is 5.16. The van der Waals surface area contributed by atoms with Crippen molar-refractivity contribution in [1.29, 1.82) is 0 Å². The van der Waals surface area contributed by atoms with Crippen LogP contribution in [-0.4, -0.2) is 56.0 Å². The Labute approximate surface area is 157 Å². The van der Waals surface area contributed by atoms with E-state index in [0.29, 0.717) is 43.7 Å². The van der Waals surface area contributed by atoms with Gasteiger partial charge in [-0.2, -0.15) is 4.98 Å². The standard InChI is InChI=1S/C18H24N6O3/c1-23-10-8-19-17(23)15(25)13-3-2-9-24(11-13)18(26)20-7-6-14-21-16(22-27-14)12-4-5-12/h8,10,12-13H,2-7,9,11H2,1H3,(H,20,26)/t13-/m1/s1. The number of ketones is 1. The Balaban J connectivity index is 1.26. The molecule has 1 N–H and O–H groups in total. The van der Waals surface area contributed by atoms with E-state index in [0.717, 1.165) is 31.5 Å². The smallest absolute Gasteiger partial charge is 0.317 e. The Bertz CT molecular complexity index is 825. The maximum Gasteiger partial charge on any atom is 0.317 e. The first-order chi connectivity index (χ1) is 13.1. The second-order valence-corrected chi connectivity index (χ2v) is 7.31. The average Bonchev–Trinajstić information content (AvgIpc) is 3.28. The van der Waals surface area contributed by atoms with E-state index in [-0.39, 0.29) is 17.7 Å². The molecule has 2 fully saturated rings. The summed E-state index contributed by atoms with van der Waals surface area (Å²) in [5.74, 6) is 2.03. The third-order valence-corrected chi connectivity index (χ3v) is 5.16. The van der Waals surface area contributed by atoms with Crippen molar-refractivity contribution in [2.24, 2.45) is 13.0 Å². The van der Waals surface area contributed by atoms with Gasteiger partial charge in [0.05, 0.1) is 0 Å². The number of imidazole rings is 1. The fraction of sp³-hybridized carbons (Fsp3) is 0.611. The number of carbonyl (C=O) groups excluding carboxylic acids is 2. The van der Waals surface area contributed by atoms with Crippen LogP contribution in [0, 0.1) is 5.92 Å². The SMILES string of the molecule is Cn1ccnc1C(=O)[C@@H]1CCCN(C(=O)NCCc2nc(C3CC3)no2)C1. The van der Waals surface area contributed by atoms with E-state index in [1.54, 1.807) is 28.9 Å². The molecular weight excluding hydrogens is 348 g/mol. The van der Waals surface area contributed by atoms with Crippen LogP contribution in [0.4, 0.5) is 4.79 Å². The first-order valence-electron chi connectivity index (χ1n) is 9.48. The molecule has 1 atom stereocenters. The van der Waals surface area contributed by atoms with E-state index in [4.69, 9.17) is 4.52 Å². The number of hydrogen-bond donors (Lipinski definition) is 1. The molecule has 0 radical (unpaired) electrons. The molecule has 2 amide bonds. The summed E-state index contributed by atoms with van der Waals surface area (Å²) in [6, 6.07) is -0.158. The summed E-state index contributed by atoms with van der Waals surface area (Å²) in [5.41, 5.74) is 0. The highest BCUT2D eigenvalue weighted by Gasteiger charge is 2.31. The molecule has 0 bridgehead atoms. The molecule has 1 aliphatic carbocycles. The number of carbonyl (C=O) groups is 2. The molecule has 1 saturated heterocycles. The molecule has 1 saturated carbocycles. The van der Waals surface area contributed by atoms with Crippen molar-refractivity contribution < 1.29 is 14.1 Å². The van der Waals surface area contributed by atoms with Crippen molar-refractivity contribution in [3.8, 4) is 0 Å². The molecule has 144 valence electrons. The monoisotopic (exact) mass is 372 g/mol. The van der Waals surface area contributed by atoms with Crippen LogP contribution in [0.1, 0.15) is 53.9 Å². The van der Waals surface area contributed by atoms with Gasteiger partial charge in [0.2, 0.25) is 11.7 Å². The number of amides is 2. The van der Waals surface area contributed by atoms with Crippen molar-refractivity contribution in [1.82, 2.24) is 29.9 Å². The predicted molar refractivity (Wildman–Crippen MR) is 95.2 cm³/mol. The second-order valence-electron chi connectivity index (χ2n) is 7.31. The minimum Gasteiger partial charge on any atom is -0.339 e. The number of nitrogens with one attached hydrogen (secondary N) is 1. The topological polar surface area (TPSA) is 106 Å². The maximum absolute atomic E-state index is 12.6. The maximum atomic E-state index is 12.6. The van der Waals surface area contributed by atoms with Crippen LogP contribution >= 0.6 is 0 Å². The normalized spacial score (nSPS) is 19.9. The van der Waals surface area contributed by atoms with Crippen LogP contribution in [-0.2, 0) is 13.5 Å². The van der Waals surface area contributed by atoms with Crippen molar-refractivity contribution in [2.75, 3.05) is 19.6 Å². The Hall–Kier alpha value is -2.71. The van der Waals surface area contributed by atoms with Gasteiger partial charge in [-0.25, -0.2) is 9.78 Å². The molecular formula is C18H24N6O3. The number of hydrogen-bond acceptors (Lipinski definition) is 6. The lowest BCUT2D eigenvalue weighted by Crippen LogP contribution is -2.47. The van der Waals surface area contributed by atoms with E-state index in [1.165, 1.54) is 0 Å². The van der Waals surface area contributed by atoms with Crippen molar-refractivity contribution in [3.63, 3.8) is 0 Å². The summed E-state index contributed by atoms with van der Waals surface area (Å²) in [7, 11) is 1.81. The summed E-state index contributed by atoms with van der Waals surface area (Å²) in [5, 5.41) is 6.86. The van der Waals surface area contributed by atoms with Gasteiger partial charge in [-0.05, 0) is 25.7 Å². The highest BCUT2D eigenvalue weighted by Crippen LogP contribution is 2.38. The van der Waals surface area contributed by atoms with Gasteiger partial charge in [-0.3, -0.25) is 4.79 Å². The van der Waals surface area contributed by atoms with E-state index in [9.17, 15) is 9.59 Å². The van der Waals surface area contributed by atoms with Gasteiger partial charge < -0.3 is 19.3 Å². The van der Waals surface area contributed by atoms with Crippen molar-refractivity contribution in [2.45, 2.75) is 38.0 Å². The fourth-order valence-electron chi connectivity index (χ4n) is 3.43. The zero-order valence-corrected chi connectivity index (χ0v) is 15.4. The number of Topliss-reactive ketones (excluding diaryl/α,β-unsaturated/α-hetero) is 1. The highest BCUT2D eigenvalue weighted by molar-refractivity contribution is 5.95. The summed E-state index contributed by atoms with van der Waals surface area (Å²) < 4.78 is 6.94. The summed E-state index contributed by atoms with van der Waals surface area (Å²) in [6.45, 7) is 1.51. The number of rotatable bonds is 6. The lowest BCUT2D eigenvalue weighted by Gasteiger charge is -2.31. The Morgan fingerprint density at radius 1 is 1.33 bits per heavy atom. The van der Waals surface area contributed by atoms with E-state index < -0.39 is 0 Å². The zero-order chi connectivity index (χ0) is 18.8. The Kier molecular flexibility index (Phi) is 4.91. The molecule has 2 aromatic rings. The predicted octanol–water partition coefficient (Wildman–Crippen LogP) is 1.53. The molecule has 27 heavy (non-hydrogen) atoms. The molecule has 3 heterocycles. The van der Waals surface area contributed by atoms with Gasteiger partial charge in [0.15, 0.2) is 11.6 Å². The fourth-order valence-corrected chi connectivity index (χ4v) is 3.43.